The van der Waals surface area contributed by atoms with Crippen molar-refractivity contribution in [3.05, 3.63) is 28.2 Å². The first kappa shape index (κ1) is 11.4. The molecular weight excluding hydrogens is 270 g/mol. The molecule has 0 N–H and O–H groups in total. The van der Waals surface area contributed by atoms with E-state index in [0.717, 1.165) is 29.9 Å². The van der Waals surface area contributed by atoms with Crippen molar-refractivity contribution in [3.8, 4) is 11.8 Å². The zero-order valence-electron chi connectivity index (χ0n) is 8.78. The second-order valence-corrected chi connectivity index (χ2v) is 4.65. The molecule has 1 aliphatic rings. The second kappa shape index (κ2) is 5.33. The van der Waals surface area contributed by atoms with E-state index in [0.29, 0.717) is 18.1 Å². The lowest BCUT2D eigenvalue weighted by atomic mass is 10.1. The molecule has 1 aromatic carbocycles. The Morgan fingerprint density at radius 3 is 3.06 bits per heavy atom. The van der Waals surface area contributed by atoms with Crippen LogP contribution in [0, 0.1) is 17.2 Å². The Morgan fingerprint density at radius 2 is 2.44 bits per heavy atom. The fourth-order valence-corrected chi connectivity index (χ4v) is 2.05. The van der Waals surface area contributed by atoms with Crippen molar-refractivity contribution in [1.29, 1.82) is 5.26 Å². The van der Waals surface area contributed by atoms with Gasteiger partial charge in [-0.1, -0.05) is 0 Å². The van der Waals surface area contributed by atoms with Gasteiger partial charge in [0.05, 0.1) is 18.8 Å². The van der Waals surface area contributed by atoms with E-state index < -0.39 is 0 Å². The van der Waals surface area contributed by atoms with E-state index >= 15 is 0 Å². The molecule has 84 valence electrons. The van der Waals surface area contributed by atoms with Crippen LogP contribution < -0.4 is 4.74 Å². The average molecular weight is 282 g/mol. The first-order valence-corrected chi connectivity index (χ1v) is 5.99. The molecular formula is C12H12BrNO2. The summed E-state index contributed by atoms with van der Waals surface area (Å²) in [5.41, 5.74) is 0.622. The molecule has 0 aliphatic carbocycles. The van der Waals surface area contributed by atoms with Gasteiger partial charge in [0, 0.05) is 17.0 Å². The highest BCUT2D eigenvalue weighted by atomic mass is 79.9. The highest BCUT2D eigenvalue weighted by Gasteiger charge is 2.16. The summed E-state index contributed by atoms with van der Waals surface area (Å²) in [5, 5.41) is 8.77. The summed E-state index contributed by atoms with van der Waals surface area (Å²) in [7, 11) is 0. The predicted molar refractivity (Wildman–Crippen MR) is 63.3 cm³/mol. The maximum absolute atomic E-state index is 8.77. The van der Waals surface area contributed by atoms with Gasteiger partial charge in [0.1, 0.15) is 11.8 Å². The molecule has 0 aromatic heterocycles. The molecule has 0 spiro atoms. The van der Waals surface area contributed by atoms with Gasteiger partial charge >= 0.3 is 0 Å². The van der Waals surface area contributed by atoms with Crippen LogP contribution >= 0.6 is 15.9 Å². The van der Waals surface area contributed by atoms with Crippen LogP contribution in [0.2, 0.25) is 0 Å². The Morgan fingerprint density at radius 1 is 1.56 bits per heavy atom. The van der Waals surface area contributed by atoms with Crippen LogP contribution in [-0.2, 0) is 4.74 Å². The van der Waals surface area contributed by atoms with E-state index in [9.17, 15) is 0 Å². The lowest BCUT2D eigenvalue weighted by Crippen LogP contribution is -2.11. The smallest absolute Gasteiger partial charge is 0.120 e. The Hall–Kier alpha value is -1.05. The molecule has 3 nitrogen and oxygen atoms in total. The van der Waals surface area contributed by atoms with Gasteiger partial charge in [0.25, 0.3) is 0 Å². The van der Waals surface area contributed by atoms with Crippen molar-refractivity contribution in [3.63, 3.8) is 0 Å². The topological polar surface area (TPSA) is 42.2 Å². The van der Waals surface area contributed by atoms with Crippen LogP contribution in [-0.4, -0.2) is 19.8 Å². The van der Waals surface area contributed by atoms with Crippen LogP contribution in [0.25, 0.3) is 0 Å². The van der Waals surface area contributed by atoms with Crippen molar-refractivity contribution >= 4 is 15.9 Å². The van der Waals surface area contributed by atoms with Crippen molar-refractivity contribution < 1.29 is 9.47 Å². The first-order chi connectivity index (χ1) is 7.79. The van der Waals surface area contributed by atoms with Crippen molar-refractivity contribution in [2.75, 3.05) is 19.8 Å². The molecule has 0 radical (unpaired) electrons. The van der Waals surface area contributed by atoms with Gasteiger partial charge in [0.2, 0.25) is 0 Å². The molecule has 2 rings (SSSR count). The molecule has 0 bridgehead atoms. The van der Waals surface area contributed by atoms with Crippen LogP contribution in [0.5, 0.6) is 5.75 Å². The van der Waals surface area contributed by atoms with Gasteiger partial charge in [-0.25, -0.2) is 0 Å². The SMILES string of the molecule is N#Cc1ccc(OCC2CCOC2)cc1Br. The minimum Gasteiger partial charge on any atom is -0.493 e. The molecule has 0 saturated carbocycles. The number of nitrogens with zero attached hydrogens (tertiary/aromatic N) is 1. The number of ether oxygens (including phenoxy) is 2. The number of halogens is 1. The quantitative estimate of drug-likeness (QED) is 0.856. The molecule has 1 aliphatic heterocycles. The molecule has 0 amide bonds. The third kappa shape index (κ3) is 2.75. The van der Waals surface area contributed by atoms with E-state index in [1.165, 1.54) is 0 Å². The van der Waals surface area contributed by atoms with Gasteiger partial charge in [-0.05, 0) is 40.5 Å². The highest BCUT2D eigenvalue weighted by molar-refractivity contribution is 9.10. The van der Waals surface area contributed by atoms with Gasteiger partial charge in [-0.15, -0.1) is 0 Å². The second-order valence-electron chi connectivity index (χ2n) is 3.79. The van der Waals surface area contributed by atoms with E-state index in [1.54, 1.807) is 6.07 Å². The molecule has 1 fully saturated rings. The van der Waals surface area contributed by atoms with Gasteiger partial charge in [-0.2, -0.15) is 5.26 Å². The van der Waals surface area contributed by atoms with Crippen LogP contribution in [0.1, 0.15) is 12.0 Å². The van der Waals surface area contributed by atoms with Gasteiger partial charge in [0.15, 0.2) is 0 Å². The predicted octanol–water partition coefficient (Wildman–Crippen LogP) is 2.74. The van der Waals surface area contributed by atoms with Crippen LogP contribution in [0.4, 0.5) is 0 Å². The summed E-state index contributed by atoms with van der Waals surface area (Å²) in [4.78, 5) is 0. The number of benzene rings is 1. The zero-order chi connectivity index (χ0) is 11.4. The first-order valence-electron chi connectivity index (χ1n) is 5.20. The molecule has 16 heavy (non-hydrogen) atoms. The van der Waals surface area contributed by atoms with E-state index in [-0.39, 0.29) is 0 Å². The van der Waals surface area contributed by atoms with Gasteiger partial charge in [-0.3, -0.25) is 0 Å². The Bertz CT molecular complexity index is 408. The minimum absolute atomic E-state index is 0.495. The Kier molecular flexibility index (Phi) is 3.81. The molecule has 1 atom stereocenters. The normalized spacial score (nSPS) is 19.4. The Labute approximate surface area is 103 Å². The number of rotatable bonds is 3. The van der Waals surface area contributed by atoms with E-state index in [2.05, 4.69) is 22.0 Å². The van der Waals surface area contributed by atoms with Crippen LogP contribution in [0.15, 0.2) is 22.7 Å². The summed E-state index contributed by atoms with van der Waals surface area (Å²) in [6.45, 7) is 2.31. The van der Waals surface area contributed by atoms with E-state index in [1.807, 2.05) is 12.1 Å². The fourth-order valence-electron chi connectivity index (χ4n) is 1.61. The summed E-state index contributed by atoms with van der Waals surface area (Å²) >= 11 is 3.33. The van der Waals surface area contributed by atoms with Gasteiger partial charge < -0.3 is 9.47 Å². The largest absolute Gasteiger partial charge is 0.493 e. The third-order valence-electron chi connectivity index (χ3n) is 2.57. The number of hydrogen-bond acceptors (Lipinski definition) is 3. The standard InChI is InChI=1S/C12H12BrNO2/c13-12-5-11(2-1-10(12)6-14)16-8-9-3-4-15-7-9/h1-2,5,9H,3-4,7-8H2. The van der Waals surface area contributed by atoms with Crippen LogP contribution in [0.3, 0.4) is 0 Å². The third-order valence-corrected chi connectivity index (χ3v) is 3.23. The number of nitriles is 1. The molecule has 1 saturated heterocycles. The maximum atomic E-state index is 8.77. The molecule has 4 heteroatoms. The van der Waals surface area contributed by atoms with Crippen molar-refractivity contribution in [2.45, 2.75) is 6.42 Å². The monoisotopic (exact) mass is 281 g/mol. The minimum atomic E-state index is 0.495. The zero-order valence-corrected chi connectivity index (χ0v) is 10.4. The maximum Gasteiger partial charge on any atom is 0.120 e. The Balaban J connectivity index is 1.94. The molecule has 1 heterocycles. The summed E-state index contributed by atoms with van der Waals surface area (Å²) in [5.74, 6) is 1.28. The molecule has 1 unspecified atom stereocenters. The van der Waals surface area contributed by atoms with Crippen molar-refractivity contribution in [2.24, 2.45) is 5.92 Å². The summed E-state index contributed by atoms with van der Waals surface area (Å²) < 4.78 is 11.7. The fraction of sp³-hybridized carbons (Fsp3) is 0.417. The lowest BCUT2D eigenvalue weighted by molar-refractivity contribution is 0.167. The molecule has 1 aromatic rings. The van der Waals surface area contributed by atoms with Crippen molar-refractivity contribution in [1.82, 2.24) is 0 Å². The lowest BCUT2D eigenvalue weighted by Gasteiger charge is -2.10. The summed E-state index contributed by atoms with van der Waals surface area (Å²) in [6.07, 6.45) is 1.07. The number of hydrogen-bond donors (Lipinski definition) is 0. The highest BCUT2D eigenvalue weighted by Crippen LogP contribution is 2.23. The average Bonchev–Trinajstić information content (AvgIpc) is 2.79. The van der Waals surface area contributed by atoms with E-state index in [4.69, 9.17) is 14.7 Å². The summed E-state index contributed by atoms with van der Waals surface area (Å²) in [6, 6.07) is 7.50.